The van der Waals surface area contributed by atoms with Crippen molar-refractivity contribution in [3.63, 3.8) is 0 Å². The van der Waals surface area contributed by atoms with Gasteiger partial charge in [-0.25, -0.2) is 0 Å². The van der Waals surface area contributed by atoms with Gasteiger partial charge < -0.3 is 5.32 Å². The molecule has 0 amide bonds. The van der Waals surface area contributed by atoms with E-state index < -0.39 is 0 Å². The molecule has 1 aromatic rings. The molecule has 82 valence electrons. The van der Waals surface area contributed by atoms with Crippen LogP contribution in [-0.2, 0) is 11.0 Å². The Labute approximate surface area is 92.9 Å². The fourth-order valence-electron chi connectivity index (χ4n) is 2.33. The lowest BCUT2D eigenvalue weighted by Gasteiger charge is -2.27. The Morgan fingerprint density at radius 1 is 1.13 bits per heavy atom. The van der Waals surface area contributed by atoms with Gasteiger partial charge in [-0.15, -0.1) is 0 Å². The normalized spacial score (nSPS) is 18.9. The van der Waals surface area contributed by atoms with Gasteiger partial charge in [0.05, 0.1) is 0 Å². The molecule has 1 saturated carbocycles. The van der Waals surface area contributed by atoms with Crippen molar-refractivity contribution in [2.24, 2.45) is 0 Å². The topological polar surface area (TPSA) is 12.0 Å². The number of benzene rings is 1. The van der Waals surface area contributed by atoms with Crippen LogP contribution in [0.1, 0.15) is 44.7 Å². The molecule has 0 heterocycles. The minimum Gasteiger partial charge on any atom is -0.310 e. The summed E-state index contributed by atoms with van der Waals surface area (Å²) < 4.78 is 0. The molecule has 1 fully saturated rings. The molecular weight excluding hydrogens is 182 g/mol. The van der Waals surface area contributed by atoms with Crippen LogP contribution >= 0.6 is 0 Å². The second-order valence-electron chi connectivity index (χ2n) is 5.63. The van der Waals surface area contributed by atoms with Crippen molar-refractivity contribution in [2.45, 2.75) is 44.6 Å². The average molecular weight is 203 g/mol. The molecule has 0 bridgehead atoms. The van der Waals surface area contributed by atoms with E-state index in [0.717, 1.165) is 0 Å². The van der Waals surface area contributed by atoms with Crippen molar-refractivity contribution >= 4 is 0 Å². The van der Waals surface area contributed by atoms with E-state index in [1.807, 2.05) is 0 Å². The lowest BCUT2D eigenvalue weighted by molar-refractivity contribution is 0.532. The van der Waals surface area contributed by atoms with Crippen molar-refractivity contribution in [3.05, 3.63) is 35.4 Å². The van der Waals surface area contributed by atoms with Crippen LogP contribution in [-0.4, -0.2) is 7.05 Å². The molecule has 1 N–H and O–H groups in total. The number of hydrogen-bond acceptors (Lipinski definition) is 1. The molecule has 1 aromatic carbocycles. The lowest BCUT2D eigenvalue weighted by Crippen LogP contribution is -2.28. The Bertz CT molecular complexity index is 356. The average Bonchev–Trinajstić information content (AvgIpc) is 2.97. The van der Waals surface area contributed by atoms with Gasteiger partial charge in [0.1, 0.15) is 0 Å². The SMILES string of the molecule is CNC1(c2ccccc2C(C)(C)C)CC1. The van der Waals surface area contributed by atoms with Crippen molar-refractivity contribution in [2.75, 3.05) is 7.05 Å². The van der Waals surface area contributed by atoms with Gasteiger partial charge in [-0.1, -0.05) is 45.0 Å². The van der Waals surface area contributed by atoms with E-state index in [2.05, 4.69) is 57.4 Å². The number of nitrogens with one attached hydrogen (secondary N) is 1. The summed E-state index contributed by atoms with van der Waals surface area (Å²) in [6, 6.07) is 8.86. The summed E-state index contributed by atoms with van der Waals surface area (Å²) in [4.78, 5) is 0. The van der Waals surface area contributed by atoms with E-state index in [-0.39, 0.29) is 11.0 Å². The van der Waals surface area contributed by atoms with Gasteiger partial charge in [0.15, 0.2) is 0 Å². The third kappa shape index (κ3) is 1.81. The van der Waals surface area contributed by atoms with E-state index >= 15 is 0 Å². The van der Waals surface area contributed by atoms with Gasteiger partial charge in [-0.2, -0.15) is 0 Å². The second-order valence-corrected chi connectivity index (χ2v) is 5.63. The second kappa shape index (κ2) is 3.34. The molecule has 0 aromatic heterocycles. The predicted octanol–water partition coefficient (Wildman–Crippen LogP) is 3.19. The van der Waals surface area contributed by atoms with Crippen LogP contribution in [0, 0.1) is 0 Å². The molecule has 15 heavy (non-hydrogen) atoms. The maximum Gasteiger partial charge on any atom is 0.0436 e. The first-order chi connectivity index (χ1) is 6.99. The van der Waals surface area contributed by atoms with E-state index in [1.54, 1.807) is 0 Å². The van der Waals surface area contributed by atoms with Crippen LogP contribution in [0.25, 0.3) is 0 Å². The lowest BCUT2D eigenvalue weighted by atomic mass is 9.81. The van der Waals surface area contributed by atoms with E-state index in [9.17, 15) is 0 Å². The largest absolute Gasteiger partial charge is 0.310 e. The number of hydrogen-bond donors (Lipinski definition) is 1. The summed E-state index contributed by atoms with van der Waals surface area (Å²) in [5.74, 6) is 0. The Balaban J connectivity index is 2.48. The van der Waals surface area contributed by atoms with Gasteiger partial charge in [-0.3, -0.25) is 0 Å². The smallest absolute Gasteiger partial charge is 0.0436 e. The zero-order valence-electron chi connectivity index (χ0n) is 10.2. The predicted molar refractivity (Wildman–Crippen MR) is 65.1 cm³/mol. The highest BCUT2D eigenvalue weighted by Gasteiger charge is 2.44. The summed E-state index contributed by atoms with van der Waals surface area (Å²) in [5, 5.41) is 3.48. The quantitative estimate of drug-likeness (QED) is 0.778. The van der Waals surface area contributed by atoms with Crippen LogP contribution in [0.4, 0.5) is 0 Å². The maximum absolute atomic E-state index is 3.48. The van der Waals surface area contributed by atoms with Gasteiger partial charge in [0.25, 0.3) is 0 Å². The zero-order valence-corrected chi connectivity index (χ0v) is 10.2. The Hall–Kier alpha value is -0.820. The van der Waals surface area contributed by atoms with Crippen molar-refractivity contribution in [1.82, 2.24) is 5.32 Å². The molecule has 0 radical (unpaired) electrons. The van der Waals surface area contributed by atoms with Gasteiger partial charge in [-0.05, 0) is 36.4 Å². The molecule has 0 aliphatic heterocycles. The first kappa shape index (κ1) is 10.7. The Morgan fingerprint density at radius 2 is 1.73 bits per heavy atom. The van der Waals surface area contributed by atoms with Crippen LogP contribution in [0.2, 0.25) is 0 Å². The first-order valence-corrected chi connectivity index (χ1v) is 5.78. The Kier molecular flexibility index (Phi) is 2.38. The summed E-state index contributed by atoms with van der Waals surface area (Å²) in [6.07, 6.45) is 2.55. The molecule has 0 unspecified atom stereocenters. The van der Waals surface area contributed by atoms with Crippen molar-refractivity contribution < 1.29 is 0 Å². The zero-order chi connectivity index (χ0) is 11.1. The van der Waals surface area contributed by atoms with Crippen LogP contribution in [0.15, 0.2) is 24.3 Å². The molecule has 2 rings (SSSR count). The molecular formula is C14H21N. The highest BCUT2D eigenvalue weighted by Crippen LogP contribution is 2.48. The van der Waals surface area contributed by atoms with Gasteiger partial charge in [0.2, 0.25) is 0 Å². The van der Waals surface area contributed by atoms with Gasteiger partial charge >= 0.3 is 0 Å². The third-order valence-electron chi connectivity index (χ3n) is 3.48. The van der Waals surface area contributed by atoms with E-state index in [4.69, 9.17) is 0 Å². The standard InChI is InChI=1S/C14H21N/c1-13(2,3)11-7-5-6-8-12(11)14(15-4)9-10-14/h5-8,15H,9-10H2,1-4H3. The highest BCUT2D eigenvalue weighted by molar-refractivity contribution is 5.41. The summed E-state index contributed by atoms with van der Waals surface area (Å²) in [7, 11) is 2.08. The van der Waals surface area contributed by atoms with Crippen LogP contribution in [0.5, 0.6) is 0 Å². The maximum atomic E-state index is 3.48. The van der Waals surface area contributed by atoms with Crippen molar-refractivity contribution in [3.8, 4) is 0 Å². The molecule has 1 nitrogen and oxygen atoms in total. The molecule has 0 atom stereocenters. The number of rotatable bonds is 2. The minimum atomic E-state index is 0.239. The van der Waals surface area contributed by atoms with E-state index in [0.29, 0.717) is 0 Å². The fourth-order valence-corrected chi connectivity index (χ4v) is 2.33. The molecule has 0 spiro atoms. The fraction of sp³-hybridized carbons (Fsp3) is 0.571. The monoisotopic (exact) mass is 203 g/mol. The van der Waals surface area contributed by atoms with E-state index in [1.165, 1.54) is 24.0 Å². The van der Waals surface area contributed by atoms with Crippen LogP contribution in [0.3, 0.4) is 0 Å². The molecule has 1 aliphatic carbocycles. The Morgan fingerprint density at radius 3 is 2.20 bits per heavy atom. The van der Waals surface area contributed by atoms with Crippen molar-refractivity contribution in [1.29, 1.82) is 0 Å². The summed E-state index contributed by atoms with van der Waals surface area (Å²) >= 11 is 0. The van der Waals surface area contributed by atoms with Gasteiger partial charge in [0, 0.05) is 5.54 Å². The summed E-state index contributed by atoms with van der Waals surface area (Å²) in [6.45, 7) is 6.87. The summed E-state index contributed by atoms with van der Waals surface area (Å²) in [5.41, 5.74) is 3.50. The molecule has 1 heteroatoms. The minimum absolute atomic E-state index is 0.239. The third-order valence-corrected chi connectivity index (χ3v) is 3.48. The molecule has 0 saturated heterocycles. The first-order valence-electron chi connectivity index (χ1n) is 5.78. The highest BCUT2D eigenvalue weighted by atomic mass is 15.0. The molecule has 1 aliphatic rings. The van der Waals surface area contributed by atoms with Crippen LogP contribution < -0.4 is 5.32 Å².